The molecule has 1 aliphatic rings. The van der Waals surface area contributed by atoms with E-state index in [0.717, 1.165) is 24.0 Å². The zero-order chi connectivity index (χ0) is 11.5. The fraction of sp³-hybridized carbons (Fsp3) is 0.538. The second-order valence-corrected chi connectivity index (χ2v) is 5.12. The predicted molar refractivity (Wildman–Crippen MR) is 68.5 cm³/mol. The van der Waals surface area contributed by atoms with Crippen molar-refractivity contribution in [3.8, 4) is 0 Å². The van der Waals surface area contributed by atoms with Gasteiger partial charge in [-0.1, -0.05) is 23.7 Å². The molecule has 1 unspecified atom stereocenters. The van der Waals surface area contributed by atoms with Crippen molar-refractivity contribution in [2.45, 2.75) is 25.4 Å². The molecule has 0 bridgehead atoms. The first-order valence-electron chi connectivity index (χ1n) is 5.85. The average Bonchev–Trinajstić information content (AvgIpc) is 3.07. The Morgan fingerprint density at radius 1 is 1.38 bits per heavy atom. The molecule has 1 atom stereocenters. The van der Waals surface area contributed by atoms with Gasteiger partial charge in [-0.25, -0.2) is 0 Å². The first-order valence-corrected chi connectivity index (χ1v) is 6.23. The molecule has 1 aliphatic carbocycles. The third-order valence-electron chi connectivity index (χ3n) is 3.32. The van der Waals surface area contributed by atoms with Crippen molar-refractivity contribution in [3.63, 3.8) is 0 Å². The maximum absolute atomic E-state index is 5.86. The molecule has 0 aromatic heterocycles. The van der Waals surface area contributed by atoms with Gasteiger partial charge in [-0.2, -0.15) is 0 Å². The van der Waals surface area contributed by atoms with Gasteiger partial charge in [0.25, 0.3) is 0 Å². The van der Waals surface area contributed by atoms with Crippen LogP contribution < -0.4 is 5.73 Å². The topological polar surface area (TPSA) is 29.3 Å². The van der Waals surface area contributed by atoms with E-state index in [0.29, 0.717) is 6.04 Å². The molecule has 3 heteroatoms. The summed E-state index contributed by atoms with van der Waals surface area (Å²) in [4.78, 5) is 2.36. The van der Waals surface area contributed by atoms with Crippen LogP contribution >= 0.6 is 11.6 Å². The zero-order valence-electron chi connectivity index (χ0n) is 9.70. The maximum atomic E-state index is 5.86. The third kappa shape index (κ3) is 2.97. The molecule has 88 valence electrons. The van der Waals surface area contributed by atoms with Gasteiger partial charge < -0.3 is 5.73 Å². The van der Waals surface area contributed by atoms with Gasteiger partial charge in [0.2, 0.25) is 0 Å². The SMILES string of the molecule is CN(Cc1ccc(Cl)cc1)C(CN)C1CC1. The van der Waals surface area contributed by atoms with E-state index in [1.54, 1.807) is 0 Å². The van der Waals surface area contributed by atoms with Crippen molar-refractivity contribution in [1.82, 2.24) is 4.90 Å². The number of hydrogen-bond acceptors (Lipinski definition) is 2. The summed E-state index contributed by atoms with van der Waals surface area (Å²) in [5.74, 6) is 0.822. The molecule has 0 amide bonds. The smallest absolute Gasteiger partial charge is 0.0406 e. The van der Waals surface area contributed by atoms with E-state index < -0.39 is 0 Å². The number of likely N-dealkylation sites (N-methyl/N-ethyl adjacent to an activating group) is 1. The summed E-state index contributed by atoms with van der Waals surface area (Å²) in [6.07, 6.45) is 2.68. The monoisotopic (exact) mass is 238 g/mol. The predicted octanol–water partition coefficient (Wildman–Crippen LogP) is 2.51. The van der Waals surface area contributed by atoms with Crippen molar-refractivity contribution in [3.05, 3.63) is 34.9 Å². The van der Waals surface area contributed by atoms with Crippen molar-refractivity contribution in [2.24, 2.45) is 11.7 Å². The van der Waals surface area contributed by atoms with E-state index in [1.807, 2.05) is 12.1 Å². The highest BCUT2D eigenvalue weighted by atomic mass is 35.5. The summed E-state index contributed by atoms with van der Waals surface area (Å²) in [5, 5.41) is 0.795. The molecule has 0 spiro atoms. The molecule has 1 fully saturated rings. The van der Waals surface area contributed by atoms with E-state index >= 15 is 0 Å². The molecular weight excluding hydrogens is 220 g/mol. The lowest BCUT2D eigenvalue weighted by Gasteiger charge is -2.27. The quantitative estimate of drug-likeness (QED) is 0.854. The van der Waals surface area contributed by atoms with Gasteiger partial charge in [-0.3, -0.25) is 4.90 Å². The minimum absolute atomic E-state index is 0.538. The average molecular weight is 239 g/mol. The standard InChI is InChI=1S/C13H19ClN2/c1-16(13(8-15)11-4-5-11)9-10-2-6-12(14)7-3-10/h2-3,6-7,11,13H,4-5,8-9,15H2,1H3. The number of hydrogen-bond donors (Lipinski definition) is 1. The molecule has 16 heavy (non-hydrogen) atoms. The number of halogens is 1. The van der Waals surface area contributed by atoms with Crippen LogP contribution in [0.15, 0.2) is 24.3 Å². The molecule has 0 aliphatic heterocycles. The maximum Gasteiger partial charge on any atom is 0.0406 e. The number of rotatable bonds is 5. The fourth-order valence-electron chi connectivity index (χ4n) is 2.21. The molecule has 1 saturated carbocycles. The summed E-state index contributed by atoms with van der Waals surface area (Å²) in [6, 6.07) is 8.59. The minimum Gasteiger partial charge on any atom is -0.329 e. The zero-order valence-corrected chi connectivity index (χ0v) is 10.5. The van der Waals surface area contributed by atoms with E-state index in [9.17, 15) is 0 Å². The summed E-state index contributed by atoms with van der Waals surface area (Å²) in [7, 11) is 2.16. The van der Waals surface area contributed by atoms with Crippen LogP contribution in [-0.4, -0.2) is 24.5 Å². The molecule has 2 N–H and O–H groups in total. The molecule has 0 radical (unpaired) electrons. The second-order valence-electron chi connectivity index (χ2n) is 4.68. The molecule has 2 nitrogen and oxygen atoms in total. The summed E-state index contributed by atoms with van der Waals surface area (Å²) >= 11 is 5.86. The van der Waals surface area contributed by atoms with Gasteiger partial charge in [-0.05, 0) is 43.5 Å². The number of nitrogens with zero attached hydrogens (tertiary/aromatic N) is 1. The van der Waals surface area contributed by atoms with Gasteiger partial charge in [0, 0.05) is 24.2 Å². The summed E-state index contributed by atoms with van der Waals surface area (Å²) < 4.78 is 0. The van der Waals surface area contributed by atoms with Crippen LogP contribution in [0.4, 0.5) is 0 Å². The summed E-state index contributed by atoms with van der Waals surface area (Å²) in [6.45, 7) is 1.71. The van der Waals surface area contributed by atoms with Crippen molar-refractivity contribution < 1.29 is 0 Å². The Morgan fingerprint density at radius 2 is 2.00 bits per heavy atom. The van der Waals surface area contributed by atoms with Crippen LogP contribution in [0.3, 0.4) is 0 Å². The van der Waals surface area contributed by atoms with E-state index in [2.05, 4.69) is 24.1 Å². The van der Waals surface area contributed by atoms with Crippen LogP contribution in [0.2, 0.25) is 5.02 Å². The number of benzene rings is 1. The summed E-state index contributed by atoms with van der Waals surface area (Å²) in [5.41, 5.74) is 7.13. The highest BCUT2D eigenvalue weighted by molar-refractivity contribution is 6.30. The van der Waals surface area contributed by atoms with Gasteiger partial charge in [-0.15, -0.1) is 0 Å². The highest BCUT2D eigenvalue weighted by Gasteiger charge is 2.32. The largest absolute Gasteiger partial charge is 0.329 e. The minimum atomic E-state index is 0.538. The molecule has 2 rings (SSSR count). The lowest BCUT2D eigenvalue weighted by Crippen LogP contribution is -2.39. The second kappa shape index (κ2) is 5.17. The van der Waals surface area contributed by atoms with Gasteiger partial charge in [0.05, 0.1) is 0 Å². The van der Waals surface area contributed by atoms with Crippen LogP contribution in [0.1, 0.15) is 18.4 Å². The Labute approximate surface area is 102 Å². The Kier molecular flexibility index (Phi) is 3.85. The van der Waals surface area contributed by atoms with Gasteiger partial charge >= 0.3 is 0 Å². The van der Waals surface area contributed by atoms with Gasteiger partial charge in [0.1, 0.15) is 0 Å². The normalized spacial score (nSPS) is 17.8. The Morgan fingerprint density at radius 3 is 2.50 bits per heavy atom. The lowest BCUT2D eigenvalue weighted by atomic mass is 10.1. The van der Waals surface area contributed by atoms with Crippen molar-refractivity contribution in [1.29, 1.82) is 0 Å². The molecule has 1 aromatic rings. The molecular formula is C13H19ClN2. The molecule has 0 heterocycles. The van der Waals surface area contributed by atoms with E-state index in [1.165, 1.54) is 18.4 Å². The lowest BCUT2D eigenvalue weighted by molar-refractivity contribution is 0.215. The Hall–Kier alpha value is -0.570. The fourth-order valence-corrected chi connectivity index (χ4v) is 2.33. The third-order valence-corrected chi connectivity index (χ3v) is 3.57. The van der Waals surface area contributed by atoms with Crippen molar-refractivity contribution in [2.75, 3.05) is 13.6 Å². The van der Waals surface area contributed by atoms with Crippen LogP contribution in [-0.2, 0) is 6.54 Å². The van der Waals surface area contributed by atoms with E-state index in [-0.39, 0.29) is 0 Å². The Balaban J connectivity index is 1.94. The van der Waals surface area contributed by atoms with Gasteiger partial charge in [0.15, 0.2) is 0 Å². The van der Waals surface area contributed by atoms with Crippen LogP contribution in [0.5, 0.6) is 0 Å². The van der Waals surface area contributed by atoms with Crippen LogP contribution in [0, 0.1) is 5.92 Å². The first-order chi connectivity index (χ1) is 7.70. The molecule has 0 saturated heterocycles. The Bertz CT molecular complexity index is 332. The number of nitrogens with two attached hydrogens (primary N) is 1. The van der Waals surface area contributed by atoms with Crippen LogP contribution in [0.25, 0.3) is 0 Å². The van der Waals surface area contributed by atoms with Crippen molar-refractivity contribution >= 4 is 11.6 Å². The molecule has 1 aromatic carbocycles. The highest BCUT2D eigenvalue weighted by Crippen LogP contribution is 2.34. The van der Waals surface area contributed by atoms with E-state index in [4.69, 9.17) is 17.3 Å². The first kappa shape index (κ1) is 11.9.